The average Bonchev–Trinajstić information content (AvgIpc) is 2.64. The predicted octanol–water partition coefficient (Wildman–Crippen LogP) is -1.25. The van der Waals surface area contributed by atoms with E-state index in [4.69, 9.17) is 19.1 Å². The second-order valence-corrected chi connectivity index (χ2v) is 4.51. The SMILES string of the molecule is O=S(=O)(O)C(F)(F)C(O)NCC1OCCO1. The van der Waals surface area contributed by atoms with E-state index in [0.717, 1.165) is 0 Å². The minimum atomic E-state index is -5.67. The van der Waals surface area contributed by atoms with E-state index in [2.05, 4.69) is 0 Å². The molecule has 0 aliphatic carbocycles. The number of hydrogen-bond donors (Lipinski definition) is 3. The summed E-state index contributed by atoms with van der Waals surface area (Å²) in [5.41, 5.74) is 0. The van der Waals surface area contributed by atoms with Crippen LogP contribution in [0.4, 0.5) is 8.78 Å². The largest absolute Gasteiger partial charge is 0.407 e. The van der Waals surface area contributed by atoms with Gasteiger partial charge in [-0.2, -0.15) is 17.2 Å². The summed E-state index contributed by atoms with van der Waals surface area (Å²) in [5.74, 6) is 0. The molecule has 10 heteroatoms. The van der Waals surface area contributed by atoms with Gasteiger partial charge in [-0.25, -0.2) is 0 Å². The van der Waals surface area contributed by atoms with Gasteiger partial charge in [0.25, 0.3) is 0 Å². The van der Waals surface area contributed by atoms with Crippen LogP contribution in [0, 0.1) is 0 Å². The van der Waals surface area contributed by atoms with Gasteiger partial charge in [-0.15, -0.1) is 0 Å². The second kappa shape index (κ2) is 4.85. The van der Waals surface area contributed by atoms with E-state index in [1.54, 1.807) is 5.32 Å². The minimum Gasteiger partial charge on any atom is -0.371 e. The van der Waals surface area contributed by atoms with Crippen LogP contribution in [0.25, 0.3) is 0 Å². The van der Waals surface area contributed by atoms with E-state index in [0.29, 0.717) is 0 Å². The maximum Gasteiger partial charge on any atom is 0.407 e. The molecule has 0 saturated carbocycles. The first-order valence-corrected chi connectivity index (χ1v) is 5.68. The topological polar surface area (TPSA) is 105 Å². The number of aliphatic hydroxyl groups excluding tert-OH is 1. The van der Waals surface area contributed by atoms with Crippen molar-refractivity contribution in [2.24, 2.45) is 0 Å². The standard InChI is InChI=1S/C6H11F2NO6S/c7-6(8,16(11,12)13)5(10)9-3-4-14-1-2-15-4/h4-5,9-10H,1-3H2,(H,11,12,13). The molecular formula is C6H11F2NO6S. The number of nitrogens with one attached hydrogen (secondary N) is 1. The molecule has 0 spiro atoms. The number of rotatable bonds is 5. The monoisotopic (exact) mass is 263 g/mol. The van der Waals surface area contributed by atoms with E-state index >= 15 is 0 Å². The van der Waals surface area contributed by atoms with Crippen molar-refractivity contribution in [1.29, 1.82) is 0 Å². The van der Waals surface area contributed by atoms with E-state index < -0.39 is 27.9 Å². The Hall–Kier alpha value is -0.390. The molecule has 7 nitrogen and oxygen atoms in total. The van der Waals surface area contributed by atoms with Gasteiger partial charge in [-0.3, -0.25) is 9.87 Å². The fraction of sp³-hybridized carbons (Fsp3) is 1.00. The molecule has 1 atom stereocenters. The van der Waals surface area contributed by atoms with Crippen LogP contribution in [-0.2, 0) is 19.6 Å². The molecule has 1 unspecified atom stereocenters. The molecule has 1 fully saturated rings. The molecule has 0 aromatic rings. The Morgan fingerprint density at radius 1 is 1.44 bits per heavy atom. The second-order valence-electron chi connectivity index (χ2n) is 3.02. The van der Waals surface area contributed by atoms with Crippen LogP contribution in [0.5, 0.6) is 0 Å². The quantitative estimate of drug-likeness (QED) is 0.420. The molecule has 1 rings (SSSR count). The van der Waals surface area contributed by atoms with Crippen LogP contribution in [0.1, 0.15) is 0 Å². The van der Waals surface area contributed by atoms with E-state index in [-0.39, 0.29) is 19.8 Å². The summed E-state index contributed by atoms with van der Waals surface area (Å²) < 4.78 is 63.9. The molecule has 0 aromatic carbocycles. The summed E-state index contributed by atoms with van der Waals surface area (Å²) in [6.07, 6.45) is -3.57. The number of halogens is 2. The number of hydrogen-bond acceptors (Lipinski definition) is 6. The molecule has 0 radical (unpaired) electrons. The van der Waals surface area contributed by atoms with Crippen LogP contribution < -0.4 is 5.32 Å². The summed E-state index contributed by atoms with van der Waals surface area (Å²) in [4.78, 5) is 0. The van der Waals surface area contributed by atoms with Crippen LogP contribution in [0.3, 0.4) is 0 Å². The third-order valence-electron chi connectivity index (χ3n) is 1.83. The van der Waals surface area contributed by atoms with Gasteiger partial charge in [0.1, 0.15) is 0 Å². The van der Waals surface area contributed by atoms with Crippen LogP contribution in [0.2, 0.25) is 0 Å². The zero-order valence-electron chi connectivity index (χ0n) is 7.97. The van der Waals surface area contributed by atoms with Crippen LogP contribution >= 0.6 is 0 Å². The molecule has 1 aliphatic heterocycles. The van der Waals surface area contributed by atoms with Gasteiger partial charge < -0.3 is 14.6 Å². The summed E-state index contributed by atoms with van der Waals surface area (Å²) in [5, 5.41) is 5.96. The van der Waals surface area contributed by atoms with Crippen LogP contribution in [0.15, 0.2) is 0 Å². The van der Waals surface area contributed by atoms with Crippen LogP contribution in [-0.4, -0.2) is 55.6 Å². The van der Waals surface area contributed by atoms with Gasteiger partial charge in [0.2, 0.25) is 0 Å². The fourth-order valence-electron chi connectivity index (χ4n) is 0.993. The van der Waals surface area contributed by atoms with Crippen molar-refractivity contribution in [3.05, 3.63) is 0 Å². The minimum absolute atomic E-state index is 0.289. The highest BCUT2D eigenvalue weighted by atomic mass is 32.2. The van der Waals surface area contributed by atoms with Crippen molar-refractivity contribution in [1.82, 2.24) is 5.32 Å². The van der Waals surface area contributed by atoms with E-state index in [9.17, 15) is 17.2 Å². The van der Waals surface area contributed by atoms with E-state index in [1.165, 1.54) is 0 Å². The maximum atomic E-state index is 12.8. The Balaban J connectivity index is 2.48. The van der Waals surface area contributed by atoms with Crippen molar-refractivity contribution < 1.29 is 36.3 Å². The van der Waals surface area contributed by atoms with Gasteiger partial charge in [-0.05, 0) is 0 Å². The first-order valence-electron chi connectivity index (χ1n) is 4.24. The Bertz CT molecular complexity index is 328. The lowest BCUT2D eigenvalue weighted by molar-refractivity contribution is -0.0883. The third-order valence-corrected chi connectivity index (χ3v) is 2.74. The number of alkyl halides is 2. The van der Waals surface area contributed by atoms with Gasteiger partial charge in [-0.1, -0.05) is 0 Å². The van der Waals surface area contributed by atoms with Crippen molar-refractivity contribution in [3.63, 3.8) is 0 Å². The Morgan fingerprint density at radius 2 is 1.94 bits per heavy atom. The van der Waals surface area contributed by atoms with Gasteiger partial charge in [0.15, 0.2) is 12.5 Å². The third kappa shape index (κ3) is 3.06. The lowest BCUT2D eigenvalue weighted by Crippen LogP contribution is -2.51. The smallest absolute Gasteiger partial charge is 0.371 e. The molecule has 1 aliphatic rings. The molecule has 1 heterocycles. The maximum absolute atomic E-state index is 12.8. The van der Waals surface area contributed by atoms with Gasteiger partial charge in [0, 0.05) is 6.54 Å². The lowest BCUT2D eigenvalue weighted by atomic mass is 10.5. The van der Waals surface area contributed by atoms with Gasteiger partial charge in [0.05, 0.1) is 13.2 Å². The zero-order valence-corrected chi connectivity index (χ0v) is 8.78. The first-order chi connectivity index (χ1) is 7.25. The molecular weight excluding hydrogens is 252 g/mol. The molecule has 1 saturated heterocycles. The zero-order chi connectivity index (χ0) is 12.4. The predicted molar refractivity (Wildman–Crippen MR) is 46.2 cm³/mol. The lowest BCUT2D eigenvalue weighted by Gasteiger charge is -2.21. The van der Waals surface area contributed by atoms with Crippen molar-refractivity contribution in [3.8, 4) is 0 Å². The molecule has 0 bridgehead atoms. The summed E-state index contributed by atoms with van der Waals surface area (Å²) in [7, 11) is -5.67. The van der Waals surface area contributed by atoms with Gasteiger partial charge >= 0.3 is 15.4 Å². The summed E-state index contributed by atoms with van der Waals surface area (Å²) in [6.45, 7) is 0.251. The highest BCUT2D eigenvalue weighted by Gasteiger charge is 2.51. The highest BCUT2D eigenvalue weighted by molar-refractivity contribution is 7.86. The molecule has 16 heavy (non-hydrogen) atoms. The average molecular weight is 263 g/mol. The number of aliphatic hydroxyl groups is 1. The van der Waals surface area contributed by atoms with Crippen molar-refractivity contribution >= 4 is 10.1 Å². The van der Waals surface area contributed by atoms with E-state index in [1.807, 2.05) is 0 Å². The Kier molecular flexibility index (Phi) is 4.15. The molecule has 3 N–H and O–H groups in total. The number of ether oxygens (including phenoxy) is 2. The normalized spacial score (nSPS) is 21.2. The van der Waals surface area contributed by atoms with Crippen molar-refractivity contribution in [2.75, 3.05) is 19.8 Å². The molecule has 96 valence electrons. The Morgan fingerprint density at radius 3 is 2.38 bits per heavy atom. The summed E-state index contributed by atoms with van der Waals surface area (Å²) >= 11 is 0. The molecule has 0 aromatic heterocycles. The molecule has 0 amide bonds. The highest BCUT2D eigenvalue weighted by Crippen LogP contribution is 2.23. The summed E-state index contributed by atoms with van der Waals surface area (Å²) in [6, 6.07) is 0. The fourth-order valence-corrected chi connectivity index (χ4v) is 1.36. The van der Waals surface area contributed by atoms with Crippen molar-refractivity contribution in [2.45, 2.75) is 17.8 Å². The Labute approximate surface area is 90.1 Å². The first kappa shape index (κ1) is 13.7.